The smallest absolute Gasteiger partial charge is 0.238 e. The quantitative estimate of drug-likeness (QED) is 0.635. The summed E-state index contributed by atoms with van der Waals surface area (Å²) in [7, 11) is 3.11. The summed E-state index contributed by atoms with van der Waals surface area (Å²) in [5, 5.41) is 3.44. The summed E-state index contributed by atoms with van der Waals surface area (Å²) in [4.78, 5) is 17.9. The van der Waals surface area contributed by atoms with Crippen LogP contribution in [0, 0.1) is 0 Å². The highest BCUT2D eigenvalue weighted by atomic mass is 35.5. The Morgan fingerprint density at radius 2 is 1.66 bits per heavy atom. The molecule has 2 heterocycles. The van der Waals surface area contributed by atoms with Crippen molar-refractivity contribution < 1.29 is 14.3 Å². The lowest BCUT2D eigenvalue weighted by molar-refractivity contribution is -0.117. The Morgan fingerprint density at radius 1 is 1.00 bits per heavy atom. The van der Waals surface area contributed by atoms with E-state index in [4.69, 9.17) is 21.1 Å². The first-order valence-corrected chi connectivity index (χ1v) is 11.7. The second kappa shape index (κ2) is 10.6. The lowest BCUT2D eigenvalue weighted by Gasteiger charge is -2.35. The predicted octanol–water partition coefficient (Wildman–Crippen LogP) is 4.42. The number of halogens is 1. The molecule has 1 amide bonds. The molecule has 7 heteroatoms. The Labute approximate surface area is 195 Å². The molecule has 0 saturated carbocycles. The van der Waals surface area contributed by atoms with Crippen molar-refractivity contribution in [3.63, 3.8) is 0 Å². The molecule has 1 N–H and O–H groups in total. The van der Waals surface area contributed by atoms with Gasteiger partial charge in [-0.3, -0.25) is 14.6 Å². The zero-order valence-electron chi connectivity index (χ0n) is 18.9. The lowest BCUT2D eigenvalue weighted by Crippen LogP contribution is -2.48. The van der Waals surface area contributed by atoms with Crippen molar-refractivity contribution in [1.82, 2.24) is 9.80 Å². The maximum atomic E-state index is 13.0. The van der Waals surface area contributed by atoms with Crippen molar-refractivity contribution in [3.8, 4) is 11.5 Å². The van der Waals surface area contributed by atoms with Crippen LogP contribution in [0.25, 0.3) is 0 Å². The highest BCUT2D eigenvalue weighted by molar-refractivity contribution is 6.32. The average molecular weight is 458 g/mol. The average Bonchev–Trinajstić information content (AvgIpc) is 3.44. The maximum absolute atomic E-state index is 13.0. The van der Waals surface area contributed by atoms with Crippen LogP contribution in [0.5, 0.6) is 11.5 Å². The van der Waals surface area contributed by atoms with Crippen LogP contribution < -0.4 is 14.8 Å². The molecule has 172 valence electrons. The molecular weight excluding hydrogens is 426 g/mol. The van der Waals surface area contributed by atoms with E-state index < -0.39 is 0 Å². The van der Waals surface area contributed by atoms with Gasteiger partial charge in [0.05, 0.1) is 31.5 Å². The summed E-state index contributed by atoms with van der Waals surface area (Å²) < 4.78 is 10.7. The summed E-state index contributed by atoms with van der Waals surface area (Å²) in [6.45, 7) is 3.42. The molecule has 4 rings (SSSR count). The van der Waals surface area contributed by atoms with Crippen LogP contribution in [-0.2, 0) is 11.3 Å². The number of benzene rings is 2. The zero-order chi connectivity index (χ0) is 22.5. The van der Waals surface area contributed by atoms with Gasteiger partial charge in [0.15, 0.2) is 0 Å². The molecule has 0 radical (unpaired) electrons. The number of amides is 1. The van der Waals surface area contributed by atoms with E-state index >= 15 is 0 Å². The number of methoxy groups -OCH3 is 2. The van der Waals surface area contributed by atoms with E-state index in [1.165, 1.54) is 18.4 Å². The molecule has 0 aliphatic carbocycles. The Balaban J connectivity index is 1.41. The van der Waals surface area contributed by atoms with Crippen molar-refractivity contribution in [2.45, 2.75) is 44.3 Å². The third-order valence-electron chi connectivity index (χ3n) is 6.60. The number of carbonyl (C=O) groups excluding carboxylic acids is 1. The third-order valence-corrected chi connectivity index (χ3v) is 6.89. The number of hydrogen-bond donors (Lipinski definition) is 1. The maximum Gasteiger partial charge on any atom is 0.238 e. The van der Waals surface area contributed by atoms with Crippen LogP contribution in [0.15, 0.2) is 42.5 Å². The van der Waals surface area contributed by atoms with Crippen LogP contribution >= 0.6 is 11.6 Å². The minimum Gasteiger partial charge on any atom is -0.495 e. The zero-order valence-corrected chi connectivity index (χ0v) is 19.6. The van der Waals surface area contributed by atoms with Crippen molar-refractivity contribution >= 4 is 23.2 Å². The standard InChI is InChI=1S/C25H32ClN3O3/c1-31-23-15-20(24(32-2)14-19(23)26)27-25(30)17-29-13-7-11-22(29)21-10-6-12-28(21)16-18-8-4-3-5-9-18/h3-5,8-9,14-15,21-22H,6-7,10-13,16-17H2,1-2H3,(H,27,30)/t21-,22-/m0/s1. The van der Waals surface area contributed by atoms with Gasteiger partial charge in [-0.15, -0.1) is 0 Å². The summed E-state index contributed by atoms with van der Waals surface area (Å²) in [6, 6.07) is 14.9. The predicted molar refractivity (Wildman–Crippen MR) is 128 cm³/mol. The summed E-state index contributed by atoms with van der Waals surface area (Å²) in [5.41, 5.74) is 1.92. The van der Waals surface area contributed by atoms with Gasteiger partial charge in [-0.1, -0.05) is 41.9 Å². The van der Waals surface area contributed by atoms with Crippen LogP contribution in [-0.4, -0.2) is 61.6 Å². The molecule has 0 bridgehead atoms. The summed E-state index contributed by atoms with van der Waals surface area (Å²) in [5.74, 6) is 0.975. The molecule has 0 unspecified atom stereocenters. The lowest BCUT2D eigenvalue weighted by atomic mass is 10.0. The number of nitrogens with one attached hydrogen (secondary N) is 1. The number of likely N-dealkylation sites (tertiary alicyclic amines) is 2. The number of rotatable bonds is 8. The van der Waals surface area contributed by atoms with Gasteiger partial charge in [-0.05, 0) is 44.3 Å². The minimum absolute atomic E-state index is 0.0489. The second-order valence-electron chi connectivity index (χ2n) is 8.58. The fourth-order valence-electron chi connectivity index (χ4n) is 5.12. The number of carbonyl (C=O) groups is 1. The highest BCUT2D eigenvalue weighted by Crippen LogP contribution is 2.36. The van der Waals surface area contributed by atoms with E-state index in [-0.39, 0.29) is 5.91 Å². The molecule has 6 nitrogen and oxygen atoms in total. The Hall–Kier alpha value is -2.28. The normalized spacial score (nSPS) is 21.6. The fourth-order valence-corrected chi connectivity index (χ4v) is 5.35. The number of hydrogen-bond acceptors (Lipinski definition) is 5. The van der Waals surface area contributed by atoms with Crippen molar-refractivity contribution in [2.24, 2.45) is 0 Å². The Morgan fingerprint density at radius 3 is 2.34 bits per heavy atom. The van der Waals surface area contributed by atoms with Gasteiger partial charge in [0.1, 0.15) is 11.5 Å². The molecule has 2 aliphatic heterocycles. The first kappa shape index (κ1) is 22.9. The molecule has 0 aromatic heterocycles. The Kier molecular flexibility index (Phi) is 7.55. The van der Waals surface area contributed by atoms with Crippen molar-refractivity contribution in [1.29, 1.82) is 0 Å². The Bertz CT molecular complexity index is 924. The van der Waals surface area contributed by atoms with E-state index in [0.717, 1.165) is 32.5 Å². The van der Waals surface area contributed by atoms with Crippen LogP contribution in [0.4, 0.5) is 5.69 Å². The largest absolute Gasteiger partial charge is 0.495 e. The number of ether oxygens (including phenoxy) is 2. The van der Waals surface area contributed by atoms with Gasteiger partial charge in [0, 0.05) is 30.8 Å². The van der Waals surface area contributed by atoms with Crippen LogP contribution in [0.2, 0.25) is 5.02 Å². The molecule has 32 heavy (non-hydrogen) atoms. The molecule has 2 aliphatic rings. The first-order valence-electron chi connectivity index (χ1n) is 11.3. The van der Waals surface area contributed by atoms with E-state index in [1.807, 2.05) is 0 Å². The van der Waals surface area contributed by atoms with Gasteiger partial charge in [-0.25, -0.2) is 0 Å². The summed E-state index contributed by atoms with van der Waals surface area (Å²) >= 11 is 6.19. The van der Waals surface area contributed by atoms with Crippen LogP contribution in [0.1, 0.15) is 31.2 Å². The van der Waals surface area contributed by atoms with Crippen molar-refractivity contribution in [2.75, 3.05) is 39.2 Å². The van der Waals surface area contributed by atoms with E-state index in [2.05, 4.69) is 45.4 Å². The van der Waals surface area contributed by atoms with Gasteiger partial charge in [0.2, 0.25) is 5.91 Å². The SMILES string of the molecule is COc1cc(NC(=O)CN2CCC[C@H]2[C@@H]2CCCN2Cc2ccccc2)c(OC)cc1Cl. The third kappa shape index (κ3) is 5.20. The minimum atomic E-state index is -0.0489. The van der Waals surface area contributed by atoms with Gasteiger partial charge in [-0.2, -0.15) is 0 Å². The van der Waals surface area contributed by atoms with E-state index in [0.29, 0.717) is 40.8 Å². The topological polar surface area (TPSA) is 54.0 Å². The highest BCUT2D eigenvalue weighted by Gasteiger charge is 2.38. The molecule has 2 aromatic carbocycles. The molecular formula is C25H32ClN3O3. The number of nitrogens with zero attached hydrogens (tertiary/aromatic N) is 2. The fraction of sp³-hybridized carbons (Fsp3) is 0.480. The monoisotopic (exact) mass is 457 g/mol. The van der Waals surface area contributed by atoms with Gasteiger partial charge >= 0.3 is 0 Å². The molecule has 2 atom stereocenters. The second-order valence-corrected chi connectivity index (χ2v) is 8.99. The van der Waals surface area contributed by atoms with Gasteiger partial charge in [0.25, 0.3) is 0 Å². The molecule has 0 spiro atoms. The molecule has 2 fully saturated rings. The van der Waals surface area contributed by atoms with E-state index in [9.17, 15) is 4.79 Å². The summed E-state index contributed by atoms with van der Waals surface area (Å²) in [6.07, 6.45) is 4.68. The van der Waals surface area contributed by atoms with Crippen molar-refractivity contribution in [3.05, 3.63) is 53.1 Å². The van der Waals surface area contributed by atoms with Crippen LogP contribution in [0.3, 0.4) is 0 Å². The molecule has 2 aromatic rings. The van der Waals surface area contributed by atoms with Gasteiger partial charge < -0.3 is 14.8 Å². The molecule has 2 saturated heterocycles. The number of anilines is 1. The first-order chi connectivity index (χ1) is 15.6. The van der Waals surface area contributed by atoms with E-state index in [1.54, 1.807) is 26.4 Å².